The first-order chi connectivity index (χ1) is 17.4. The fraction of sp³-hybridized carbons (Fsp3) is 0.214. The monoisotopic (exact) mass is 615 g/mol. The first-order valence-corrected chi connectivity index (χ1v) is 13.2. The normalized spacial score (nSPS) is 14.4. The lowest BCUT2D eigenvalue weighted by Gasteiger charge is -2.15. The standard InChI is InChI=1S/C28H26INO5S/c1-18-7-6-10-22(13-18)34-12-11-30-27(31)25(36-28(30)32)16-20-14-23(29)26(24(15-20)33-3)35-17-21-9-5-4-8-19(21)2/h4-10,13-16H,11-12,17H2,1-3H3/b25-16-. The minimum absolute atomic E-state index is 0.183. The summed E-state index contributed by atoms with van der Waals surface area (Å²) in [6, 6.07) is 19.4. The lowest BCUT2D eigenvalue weighted by molar-refractivity contribution is -0.123. The molecule has 1 heterocycles. The Balaban J connectivity index is 1.44. The third-order valence-electron chi connectivity index (χ3n) is 5.63. The van der Waals surface area contributed by atoms with Gasteiger partial charge in [0.15, 0.2) is 11.5 Å². The molecular weight excluding hydrogens is 589 g/mol. The Morgan fingerprint density at radius 3 is 2.56 bits per heavy atom. The topological polar surface area (TPSA) is 65.1 Å². The number of halogens is 1. The van der Waals surface area contributed by atoms with Crippen LogP contribution < -0.4 is 14.2 Å². The second-order valence-electron chi connectivity index (χ2n) is 8.25. The molecule has 2 amide bonds. The summed E-state index contributed by atoms with van der Waals surface area (Å²) in [6.07, 6.45) is 1.71. The van der Waals surface area contributed by atoms with Crippen molar-refractivity contribution < 1.29 is 23.8 Å². The van der Waals surface area contributed by atoms with Gasteiger partial charge in [0.1, 0.15) is 19.0 Å². The second-order valence-corrected chi connectivity index (χ2v) is 10.4. The summed E-state index contributed by atoms with van der Waals surface area (Å²) >= 11 is 3.12. The van der Waals surface area contributed by atoms with Gasteiger partial charge in [-0.15, -0.1) is 0 Å². The second kappa shape index (κ2) is 11.8. The molecule has 1 aliphatic heterocycles. The van der Waals surface area contributed by atoms with Crippen LogP contribution in [0.1, 0.15) is 22.3 Å². The maximum atomic E-state index is 12.9. The number of benzene rings is 3. The molecule has 0 aromatic heterocycles. The highest BCUT2D eigenvalue weighted by atomic mass is 127. The Morgan fingerprint density at radius 2 is 1.81 bits per heavy atom. The van der Waals surface area contributed by atoms with E-state index in [1.807, 2.05) is 74.5 Å². The lowest BCUT2D eigenvalue weighted by Crippen LogP contribution is -2.32. The summed E-state index contributed by atoms with van der Waals surface area (Å²) in [5.74, 6) is 1.59. The van der Waals surface area contributed by atoms with Gasteiger partial charge in [-0.3, -0.25) is 14.5 Å². The summed E-state index contributed by atoms with van der Waals surface area (Å²) in [7, 11) is 1.58. The number of nitrogens with zero attached hydrogens (tertiary/aromatic N) is 1. The number of carbonyl (C=O) groups is 2. The summed E-state index contributed by atoms with van der Waals surface area (Å²) < 4.78 is 18.2. The molecule has 0 bridgehead atoms. The van der Waals surface area contributed by atoms with E-state index in [2.05, 4.69) is 22.6 Å². The van der Waals surface area contributed by atoms with Gasteiger partial charge in [0.2, 0.25) is 0 Å². The molecule has 4 rings (SSSR count). The van der Waals surface area contributed by atoms with Crippen molar-refractivity contribution >= 4 is 51.6 Å². The first-order valence-electron chi connectivity index (χ1n) is 11.4. The van der Waals surface area contributed by atoms with Crippen molar-refractivity contribution in [2.45, 2.75) is 20.5 Å². The largest absolute Gasteiger partial charge is 0.493 e. The van der Waals surface area contributed by atoms with Crippen molar-refractivity contribution in [2.24, 2.45) is 0 Å². The molecule has 6 nitrogen and oxygen atoms in total. The molecule has 8 heteroatoms. The molecule has 1 aliphatic rings. The average Bonchev–Trinajstić information content (AvgIpc) is 3.11. The molecule has 3 aromatic carbocycles. The van der Waals surface area contributed by atoms with Gasteiger partial charge in [-0.05, 0) is 101 Å². The van der Waals surface area contributed by atoms with E-state index in [1.54, 1.807) is 13.2 Å². The SMILES string of the molecule is COc1cc(/C=C2\SC(=O)N(CCOc3cccc(C)c3)C2=O)cc(I)c1OCc1ccccc1C. The summed E-state index contributed by atoms with van der Waals surface area (Å²) in [5, 5.41) is -0.307. The van der Waals surface area contributed by atoms with Crippen LogP contribution in [0.5, 0.6) is 17.2 Å². The predicted molar refractivity (Wildman–Crippen MR) is 151 cm³/mol. The zero-order valence-electron chi connectivity index (χ0n) is 20.2. The van der Waals surface area contributed by atoms with Gasteiger partial charge in [0.05, 0.1) is 22.1 Å². The highest BCUT2D eigenvalue weighted by Crippen LogP contribution is 2.37. The van der Waals surface area contributed by atoms with Crippen molar-refractivity contribution in [1.29, 1.82) is 0 Å². The molecule has 1 fully saturated rings. The molecule has 0 N–H and O–H groups in total. The highest BCUT2D eigenvalue weighted by molar-refractivity contribution is 14.1. The first kappa shape index (κ1) is 26.1. The van der Waals surface area contributed by atoms with E-state index >= 15 is 0 Å². The predicted octanol–water partition coefficient (Wildman–Crippen LogP) is 6.61. The third kappa shape index (κ3) is 6.22. The van der Waals surface area contributed by atoms with Crippen LogP contribution in [-0.4, -0.2) is 36.3 Å². The molecule has 1 saturated heterocycles. The summed E-state index contributed by atoms with van der Waals surface area (Å²) in [5.41, 5.74) is 4.09. The number of hydrogen-bond acceptors (Lipinski definition) is 6. The molecule has 0 radical (unpaired) electrons. The molecule has 186 valence electrons. The van der Waals surface area contributed by atoms with E-state index in [0.29, 0.717) is 28.8 Å². The van der Waals surface area contributed by atoms with Gasteiger partial charge >= 0.3 is 0 Å². The van der Waals surface area contributed by atoms with Gasteiger partial charge in [-0.1, -0.05) is 36.4 Å². The Hall–Kier alpha value is -2.98. The number of carbonyl (C=O) groups excluding carboxylic acids is 2. The van der Waals surface area contributed by atoms with Gasteiger partial charge in [0, 0.05) is 0 Å². The summed E-state index contributed by atoms with van der Waals surface area (Å²) in [4.78, 5) is 27.0. The van der Waals surface area contributed by atoms with Crippen LogP contribution in [0.25, 0.3) is 6.08 Å². The fourth-order valence-corrected chi connectivity index (χ4v) is 5.34. The Bertz CT molecular complexity index is 1320. The van der Waals surface area contributed by atoms with E-state index < -0.39 is 0 Å². The third-order valence-corrected chi connectivity index (χ3v) is 7.34. The van der Waals surface area contributed by atoms with Crippen molar-refractivity contribution in [1.82, 2.24) is 4.90 Å². The number of amides is 2. The van der Waals surface area contributed by atoms with E-state index in [-0.39, 0.29) is 24.3 Å². The smallest absolute Gasteiger partial charge is 0.293 e. The van der Waals surface area contributed by atoms with Gasteiger partial charge in [-0.25, -0.2) is 0 Å². The van der Waals surface area contributed by atoms with Gasteiger partial charge in [0.25, 0.3) is 11.1 Å². The number of ether oxygens (including phenoxy) is 3. The highest BCUT2D eigenvalue weighted by Gasteiger charge is 2.35. The van der Waals surface area contributed by atoms with E-state index in [1.165, 1.54) is 4.90 Å². The molecule has 36 heavy (non-hydrogen) atoms. The molecular formula is C28H26INO5S. The van der Waals surface area contributed by atoms with Crippen LogP contribution in [0.15, 0.2) is 65.6 Å². The van der Waals surface area contributed by atoms with Crippen molar-refractivity contribution in [3.05, 3.63) is 91.4 Å². The van der Waals surface area contributed by atoms with Crippen LogP contribution >= 0.6 is 34.4 Å². The van der Waals surface area contributed by atoms with Gasteiger partial charge < -0.3 is 14.2 Å². The number of rotatable bonds is 9. The molecule has 0 atom stereocenters. The quantitative estimate of drug-likeness (QED) is 0.200. The number of thioether (sulfide) groups is 1. The zero-order valence-corrected chi connectivity index (χ0v) is 23.2. The molecule has 0 spiro atoms. The van der Waals surface area contributed by atoms with Gasteiger partial charge in [-0.2, -0.15) is 0 Å². The Kier molecular flexibility index (Phi) is 8.58. The zero-order chi connectivity index (χ0) is 25.7. The average molecular weight is 615 g/mol. The molecule has 0 saturated carbocycles. The number of aryl methyl sites for hydroxylation is 2. The Morgan fingerprint density at radius 1 is 1.00 bits per heavy atom. The van der Waals surface area contributed by atoms with Crippen LogP contribution in [0.2, 0.25) is 0 Å². The Labute approximate surface area is 228 Å². The fourth-order valence-electron chi connectivity index (χ4n) is 3.69. The lowest BCUT2D eigenvalue weighted by atomic mass is 10.1. The molecule has 0 aliphatic carbocycles. The number of hydrogen-bond donors (Lipinski definition) is 0. The van der Waals surface area contributed by atoms with Crippen LogP contribution in [0.3, 0.4) is 0 Å². The van der Waals surface area contributed by atoms with Crippen LogP contribution in [0.4, 0.5) is 4.79 Å². The summed E-state index contributed by atoms with van der Waals surface area (Å²) in [6.45, 7) is 4.86. The maximum Gasteiger partial charge on any atom is 0.293 e. The molecule has 3 aromatic rings. The van der Waals surface area contributed by atoms with E-state index in [4.69, 9.17) is 14.2 Å². The number of imide groups is 1. The minimum atomic E-state index is -0.327. The van der Waals surface area contributed by atoms with Crippen molar-refractivity contribution in [3.8, 4) is 17.2 Å². The van der Waals surface area contributed by atoms with Crippen molar-refractivity contribution in [2.75, 3.05) is 20.3 Å². The van der Waals surface area contributed by atoms with Crippen molar-refractivity contribution in [3.63, 3.8) is 0 Å². The minimum Gasteiger partial charge on any atom is -0.493 e. The molecule has 0 unspecified atom stereocenters. The maximum absolute atomic E-state index is 12.9. The van der Waals surface area contributed by atoms with Crippen LogP contribution in [0, 0.1) is 17.4 Å². The van der Waals surface area contributed by atoms with E-state index in [9.17, 15) is 9.59 Å². The van der Waals surface area contributed by atoms with E-state index in [0.717, 1.165) is 37.6 Å². The number of methoxy groups -OCH3 is 1. The van der Waals surface area contributed by atoms with Crippen LogP contribution in [-0.2, 0) is 11.4 Å².